The van der Waals surface area contributed by atoms with Gasteiger partial charge in [0.15, 0.2) is 11.4 Å². The van der Waals surface area contributed by atoms with Crippen LogP contribution in [0.1, 0.15) is 34.6 Å². The molecule has 14 heavy (non-hydrogen) atoms. The summed E-state index contributed by atoms with van der Waals surface area (Å²) in [6.45, 7) is 8.86. The molecular weight excluding hydrogens is 184 g/mol. The van der Waals surface area contributed by atoms with E-state index in [9.17, 15) is 9.90 Å². The Kier molecular flexibility index (Phi) is 2.63. The van der Waals surface area contributed by atoms with E-state index in [0.717, 1.165) is 0 Å². The first kappa shape index (κ1) is 11.5. The normalized spacial score (nSPS) is 36.3. The summed E-state index contributed by atoms with van der Waals surface area (Å²) >= 11 is 0. The van der Waals surface area contributed by atoms with Crippen LogP contribution in [0, 0.1) is 5.92 Å². The van der Waals surface area contributed by atoms with Gasteiger partial charge in [-0.3, -0.25) is 0 Å². The number of carboxylic acids is 1. The summed E-state index contributed by atoms with van der Waals surface area (Å²) in [5.74, 6) is -1.90. The second-order valence-corrected chi connectivity index (χ2v) is 4.51. The first-order chi connectivity index (χ1) is 6.22. The van der Waals surface area contributed by atoms with Gasteiger partial charge >= 0.3 is 5.97 Å². The molecule has 1 fully saturated rings. The van der Waals surface area contributed by atoms with Crippen molar-refractivity contribution in [3.8, 4) is 0 Å². The van der Waals surface area contributed by atoms with E-state index in [4.69, 9.17) is 9.47 Å². The Balaban J connectivity index is 3.07. The van der Waals surface area contributed by atoms with Crippen LogP contribution < -0.4 is 0 Å². The lowest BCUT2D eigenvalue weighted by molar-refractivity contribution is -0.192. The fraction of sp³-hybridized carbons (Fsp3) is 0.900. The summed E-state index contributed by atoms with van der Waals surface area (Å²) in [7, 11) is 0. The lowest BCUT2D eigenvalue weighted by Crippen LogP contribution is -2.51. The van der Waals surface area contributed by atoms with Crippen molar-refractivity contribution in [2.24, 2.45) is 5.92 Å². The molecule has 0 spiro atoms. The van der Waals surface area contributed by atoms with Gasteiger partial charge in [-0.15, -0.1) is 0 Å². The molecule has 1 N–H and O–H groups in total. The van der Waals surface area contributed by atoms with Crippen molar-refractivity contribution in [3.05, 3.63) is 0 Å². The Hall–Kier alpha value is -0.610. The molecule has 0 aromatic carbocycles. The van der Waals surface area contributed by atoms with E-state index in [1.807, 2.05) is 13.8 Å². The average molecular weight is 202 g/mol. The molecular formula is C10H18O4. The summed E-state index contributed by atoms with van der Waals surface area (Å²) in [6, 6.07) is 0. The fourth-order valence-corrected chi connectivity index (χ4v) is 2.08. The van der Waals surface area contributed by atoms with Gasteiger partial charge in [-0.2, -0.15) is 0 Å². The van der Waals surface area contributed by atoms with Crippen LogP contribution in [0.5, 0.6) is 0 Å². The van der Waals surface area contributed by atoms with Crippen molar-refractivity contribution in [1.82, 2.24) is 0 Å². The van der Waals surface area contributed by atoms with E-state index >= 15 is 0 Å². The molecule has 1 rings (SSSR count). The summed E-state index contributed by atoms with van der Waals surface area (Å²) < 4.78 is 11.0. The van der Waals surface area contributed by atoms with Gasteiger partial charge in [0, 0.05) is 0 Å². The van der Waals surface area contributed by atoms with Crippen LogP contribution in [0.3, 0.4) is 0 Å². The zero-order valence-electron chi connectivity index (χ0n) is 9.33. The first-order valence-corrected chi connectivity index (χ1v) is 4.84. The highest BCUT2D eigenvalue weighted by molar-refractivity contribution is 5.79. The highest BCUT2D eigenvalue weighted by atomic mass is 16.8. The number of carboxylic acid groups (broad SMARTS) is 1. The molecule has 4 heteroatoms. The lowest BCUT2D eigenvalue weighted by atomic mass is 9.86. The van der Waals surface area contributed by atoms with Crippen molar-refractivity contribution in [2.45, 2.75) is 52.1 Å². The maximum absolute atomic E-state index is 11.3. The highest BCUT2D eigenvalue weighted by Crippen LogP contribution is 2.41. The smallest absolute Gasteiger partial charge is 0.339 e. The largest absolute Gasteiger partial charge is 0.479 e. The number of rotatable bonds is 2. The van der Waals surface area contributed by atoms with Crippen molar-refractivity contribution in [3.63, 3.8) is 0 Å². The van der Waals surface area contributed by atoms with Gasteiger partial charge in [-0.05, 0) is 26.7 Å². The minimum absolute atomic E-state index is 0.128. The summed E-state index contributed by atoms with van der Waals surface area (Å²) in [4.78, 5) is 11.3. The van der Waals surface area contributed by atoms with Crippen LogP contribution >= 0.6 is 0 Å². The zero-order chi connectivity index (χ0) is 11.1. The van der Waals surface area contributed by atoms with Crippen molar-refractivity contribution in [1.29, 1.82) is 0 Å². The summed E-state index contributed by atoms with van der Waals surface area (Å²) in [5.41, 5.74) is -1.22. The molecule has 2 atom stereocenters. The predicted octanol–water partition coefficient (Wildman–Crippen LogP) is 1.64. The van der Waals surface area contributed by atoms with Crippen LogP contribution in [-0.4, -0.2) is 28.6 Å². The molecule has 1 saturated heterocycles. The lowest BCUT2D eigenvalue weighted by Gasteiger charge is -2.30. The van der Waals surface area contributed by atoms with Crippen LogP contribution in [0.25, 0.3) is 0 Å². The van der Waals surface area contributed by atoms with Gasteiger partial charge in [-0.25, -0.2) is 4.79 Å². The zero-order valence-corrected chi connectivity index (χ0v) is 9.33. The molecule has 0 radical (unpaired) electrons. The number of hydrogen-bond donors (Lipinski definition) is 1. The van der Waals surface area contributed by atoms with Crippen molar-refractivity contribution >= 4 is 5.97 Å². The van der Waals surface area contributed by atoms with Gasteiger partial charge in [-0.1, -0.05) is 13.8 Å². The molecule has 0 saturated carbocycles. The molecule has 4 nitrogen and oxygen atoms in total. The molecule has 82 valence electrons. The Morgan fingerprint density at radius 3 is 2.07 bits per heavy atom. The standard InChI is InChI=1S/C10H18O4/c1-6(2)10(8(11)12)7(3)13-9(4,5)14-10/h6-7H,1-5H3,(H,11,12)/t7-,10+/m0/s1. The molecule has 1 aliphatic rings. The fourth-order valence-electron chi connectivity index (χ4n) is 2.08. The van der Waals surface area contributed by atoms with E-state index in [0.29, 0.717) is 0 Å². The van der Waals surface area contributed by atoms with Gasteiger partial charge < -0.3 is 14.6 Å². The highest BCUT2D eigenvalue weighted by Gasteiger charge is 2.58. The average Bonchev–Trinajstić information content (AvgIpc) is 2.21. The first-order valence-electron chi connectivity index (χ1n) is 4.84. The SMILES string of the molecule is CC(C)[C@@]1(C(=O)O)OC(C)(C)O[C@H]1C. The number of carbonyl (C=O) groups is 1. The Labute approximate surface area is 84.2 Å². The van der Waals surface area contributed by atoms with Gasteiger partial charge in [0.2, 0.25) is 0 Å². The van der Waals surface area contributed by atoms with E-state index < -0.39 is 23.5 Å². The maximum Gasteiger partial charge on any atom is 0.339 e. The van der Waals surface area contributed by atoms with Gasteiger partial charge in [0.05, 0.1) is 6.10 Å². The van der Waals surface area contributed by atoms with Crippen molar-refractivity contribution in [2.75, 3.05) is 0 Å². The maximum atomic E-state index is 11.3. The topological polar surface area (TPSA) is 55.8 Å². The molecule has 1 heterocycles. The van der Waals surface area contributed by atoms with Crippen LogP contribution in [-0.2, 0) is 14.3 Å². The Morgan fingerprint density at radius 2 is 1.93 bits per heavy atom. The van der Waals surface area contributed by atoms with E-state index in [-0.39, 0.29) is 5.92 Å². The molecule has 0 bridgehead atoms. The minimum Gasteiger partial charge on any atom is -0.479 e. The summed E-state index contributed by atoms with van der Waals surface area (Å²) in [6.07, 6.45) is -0.435. The van der Waals surface area contributed by atoms with Crippen LogP contribution in [0.4, 0.5) is 0 Å². The van der Waals surface area contributed by atoms with Crippen molar-refractivity contribution < 1.29 is 19.4 Å². The number of hydrogen-bond acceptors (Lipinski definition) is 3. The molecule has 0 amide bonds. The molecule has 1 aliphatic heterocycles. The van der Waals surface area contributed by atoms with Gasteiger partial charge in [0.1, 0.15) is 0 Å². The molecule has 0 aromatic heterocycles. The van der Waals surface area contributed by atoms with Crippen LogP contribution in [0.2, 0.25) is 0 Å². The van der Waals surface area contributed by atoms with E-state index in [1.165, 1.54) is 0 Å². The third-order valence-electron chi connectivity index (χ3n) is 2.67. The number of ether oxygens (including phenoxy) is 2. The monoisotopic (exact) mass is 202 g/mol. The van der Waals surface area contributed by atoms with Crippen LogP contribution in [0.15, 0.2) is 0 Å². The molecule has 0 unspecified atom stereocenters. The minimum atomic E-state index is -1.22. The molecule has 0 aliphatic carbocycles. The summed E-state index contributed by atoms with van der Waals surface area (Å²) in [5, 5.41) is 9.23. The third kappa shape index (κ3) is 1.53. The molecule has 0 aromatic rings. The number of aliphatic carboxylic acids is 1. The second-order valence-electron chi connectivity index (χ2n) is 4.51. The predicted molar refractivity (Wildman–Crippen MR) is 50.9 cm³/mol. The Bertz CT molecular complexity index is 247. The van der Waals surface area contributed by atoms with Gasteiger partial charge in [0.25, 0.3) is 0 Å². The van der Waals surface area contributed by atoms with E-state index in [1.54, 1.807) is 20.8 Å². The van der Waals surface area contributed by atoms with E-state index in [2.05, 4.69) is 0 Å². The second kappa shape index (κ2) is 3.21. The third-order valence-corrected chi connectivity index (χ3v) is 2.67. The quantitative estimate of drug-likeness (QED) is 0.739. The Morgan fingerprint density at radius 1 is 1.43 bits per heavy atom.